The van der Waals surface area contributed by atoms with Crippen molar-refractivity contribution >= 4 is 0 Å². The first-order chi connectivity index (χ1) is 12.7. The third-order valence-corrected chi connectivity index (χ3v) is 4.08. The Labute approximate surface area is 153 Å². The monoisotopic (exact) mass is 352 g/mol. The van der Waals surface area contributed by atoms with E-state index in [-0.39, 0.29) is 0 Å². The summed E-state index contributed by atoms with van der Waals surface area (Å²) in [6.45, 7) is 4.90. The predicted octanol–water partition coefficient (Wildman–Crippen LogP) is 2.32. The van der Waals surface area contributed by atoms with Gasteiger partial charge in [-0.3, -0.25) is 4.90 Å². The topological polar surface area (TPSA) is 69.0 Å². The molecule has 0 saturated heterocycles. The number of ether oxygens (including phenoxy) is 1. The van der Waals surface area contributed by atoms with Gasteiger partial charge in [-0.25, -0.2) is 9.97 Å². The van der Waals surface area contributed by atoms with Crippen LogP contribution in [-0.2, 0) is 24.4 Å². The quantitative estimate of drug-likeness (QED) is 0.620. The summed E-state index contributed by atoms with van der Waals surface area (Å²) >= 11 is 0. The molecule has 2 heterocycles. The Morgan fingerprint density at radius 3 is 2.69 bits per heavy atom. The molecule has 0 bridgehead atoms. The van der Waals surface area contributed by atoms with Crippen LogP contribution >= 0.6 is 0 Å². The Kier molecular flexibility index (Phi) is 6.04. The Morgan fingerprint density at radius 1 is 1.15 bits per heavy atom. The van der Waals surface area contributed by atoms with Crippen LogP contribution in [-0.4, -0.2) is 50.4 Å². The molecule has 26 heavy (non-hydrogen) atoms. The molecule has 0 atom stereocenters. The van der Waals surface area contributed by atoms with Crippen LogP contribution in [0.3, 0.4) is 0 Å². The highest BCUT2D eigenvalue weighted by Crippen LogP contribution is 2.16. The van der Waals surface area contributed by atoms with Crippen molar-refractivity contribution in [2.75, 3.05) is 20.8 Å². The molecule has 0 aliphatic carbocycles. The summed E-state index contributed by atoms with van der Waals surface area (Å²) in [5, 5.41) is 8.19. The van der Waals surface area contributed by atoms with Crippen molar-refractivity contribution in [3.8, 4) is 11.4 Å². The Bertz CT molecular complexity index is 830. The maximum absolute atomic E-state index is 5.12. The van der Waals surface area contributed by atoms with E-state index in [2.05, 4.69) is 44.1 Å². The minimum absolute atomic E-state index is 0.642. The third-order valence-electron chi connectivity index (χ3n) is 4.08. The molecule has 2 aromatic heterocycles. The Hall–Kier alpha value is -2.64. The molecule has 0 N–H and O–H groups in total. The van der Waals surface area contributed by atoms with Crippen LogP contribution in [0.5, 0.6) is 0 Å². The molecular formula is C19H24N6O. The Morgan fingerprint density at radius 2 is 1.96 bits per heavy atom. The van der Waals surface area contributed by atoms with Gasteiger partial charge in [-0.15, -0.1) is 10.2 Å². The van der Waals surface area contributed by atoms with Gasteiger partial charge in [-0.1, -0.05) is 23.8 Å². The number of hydrogen-bond acceptors (Lipinski definition) is 6. The van der Waals surface area contributed by atoms with Gasteiger partial charge in [-0.2, -0.15) is 0 Å². The van der Waals surface area contributed by atoms with Gasteiger partial charge in [0.2, 0.25) is 0 Å². The van der Waals surface area contributed by atoms with Gasteiger partial charge in [0.15, 0.2) is 5.82 Å². The lowest BCUT2D eigenvalue weighted by atomic mass is 10.1. The molecule has 0 aliphatic rings. The van der Waals surface area contributed by atoms with Gasteiger partial charge in [0.25, 0.3) is 0 Å². The number of hydrogen-bond donors (Lipinski definition) is 0. The lowest BCUT2D eigenvalue weighted by Crippen LogP contribution is -2.21. The zero-order valence-corrected chi connectivity index (χ0v) is 15.5. The van der Waals surface area contributed by atoms with E-state index in [1.54, 1.807) is 13.4 Å². The highest BCUT2D eigenvalue weighted by Gasteiger charge is 2.09. The number of aromatic nitrogens is 5. The number of nitrogens with zero attached hydrogens (tertiary/aromatic N) is 6. The van der Waals surface area contributed by atoms with Crippen LogP contribution in [0.15, 0.2) is 43.0 Å². The van der Waals surface area contributed by atoms with Crippen molar-refractivity contribution in [1.29, 1.82) is 0 Å². The van der Waals surface area contributed by atoms with E-state index in [0.717, 1.165) is 35.9 Å². The third kappa shape index (κ3) is 4.71. The van der Waals surface area contributed by atoms with Crippen molar-refractivity contribution in [3.63, 3.8) is 0 Å². The van der Waals surface area contributed by atoms with E-state index in [4.69, 9.17) is 4.74 Å². The molecule has 0 saturated carbocycles. The number of rotatable bonds is 8. The molecule has 0 spiro atoms. The molecule has 7 heteroatoms. The van der Waals surface area contributed by atoms with Gasteiger partial charge in [-0.05, 0) is 20.0 Å². The summed E-state index contributed by atoms with van der Waals surface area (Å²) < 4.78 is 7.13. The van der Waals surface area contributed by atoms with Crippen LogP contribution in [0.2, 0.25) is 0 Å². The molecule has 0 unspecified atom stereocenters. The largest absolute Gasteiger partial charge is 0.383 e. The minimum Gasteiger partial charge on any atom is -0.383 e. The van der Waals surface area contributed by atoms with Crippen LogP contribution in [0.25, 0.3) is 11.4 Å². The van der Waals surface area contributed by atoms with Crippen molar-refractivity contribution < 1.29 is 4.74 Å². The second kappa shape index (κ2) is 8.64. The number of benzene rings is 1. The molecule has 0 radical (unpaired) electrons. The van der Waals surface area contributed by atoms with E-state index in [0.29, 0.717) is 13.2 Å². The van der Waals surface area contributed by atoms with E-state index in [9.17, 15) is 0 Å². The maximum atomic E-state index is 5.12. The summed E-state index contributed by atoms with van der Waals surface area (Å²) in [5.74, 6) is 1.67. The van der Waals surface area contributed by atoms with Crippen LogP contribution in [0, 0.1) is 6.92 Å². The summed E-state index contributed by atoms with van der Waals surface area (Å²) in [7, 11) is 3.74. The van der Waals surface area contributed by atoms with Crippen LogP contribution in [0.4, 0.5) is 0 Å². The van der Waals surface area contributed by atoms with Crippen molar-refractivity contribution in [1.82, 2.24) is 29.6 Å². The fourth-order valence-corrected chi connectivity index (χ4v) is 2.76. The normalized spacial score (nSPS) is 11.2. The highest BCUT2D eigenvalue weighted by molar-refractivity contribution is 5.55. The summed E-state index contributed by atoms with van der Waals surface area (Å²) in [6, 6.07) is 8.21. The molecule has 0 fully saturated rings. The second-order valence-corrected chi connectivity index (χ2v) is 6.39. The second-order valence-electron chi connectivity index (χ2n) is 6.39. The summed E-state index contributed by atoms with van der Waals surface area (Å²) in [6.07, 6.45) is 5.51. The molecule has 1 aromatic carbocycles. The Balaban J connectivity index is 1.61. The van der Waals surface area contributed by atoms with Gasteiger partial charge in [0, 0.05) is 43.7 Å². The molecular weight excluding hydrogens is 328 g/mol. The van der Waals surface area contributed by atoms with Gasteiger partial charge < -0.3 is 9.30 Å². The minimum atomic E-state index is 0.642. The van der Waals surface area contributed by atoms with Crippen molar-refractivity contribution in [3.05, 3.63) is 59.9 Å². The highest BCUT2D eigenvalue weighted by atomic mass is 16.5. The van der Waals surface area contributed by atoms with Gasteiger partial charge >= 0.3 is 0 Å². The fourth-order valence-electron chi connectivity index (χ4n) is 2.76. The first-order valence-corrected chi connectivity index (χ1v) is 8.58. The van der Waals surface area contributed by atoms with Crippen molar-refractivity contribution in [2.24, 2.45) is 0 Å². The standard InChI is InChI=1S/C19H24N6O/c1-15-5-4-6-17(9-15)19-20-10-16(11-21-19)12-24(2)13-18-23-22-14-25(18)7-8-26-3/h4-6,9-11,14H,7-8,12-13H2,1-3H3. The maximum Gasteiger partial charge on any atom is 0.159 e. The number of methoxy groups -OCH3 is 1. The SMILES string of the molecule is COCCn1cnnc1CN(C)Cc1cnc(-c2cccc(C)c2)nc1. The molecule has 7 nitrogen and oxygen atoms in total. The summed E-state index contributed by atoms with van der Waals surface area (Å²) in [4.78, 5) is 11.2. The zero-order chi connectivity index (χ0) is 18.4. The average molecular weight is 352 g/mol. The average Bonchev–Trinajstić information content (AvgIpc) is 3.07. The lowest BCUT2D eigenvalue weighted by molar-refractivity contribution is 0.184. The van der Waals surface area contributed by atoms with Crippen LogP contribution in [0.1, 0.15) is 17.0 Å². The van der Waals surface area contributed by atoms with E-state index in [1.807, 2.05) is 36.1 Å². The first kappa shape index (κ1) is 18.2. The molecule has 3 rings (SSSR count). The lowest BCUT2D eigenvalue weighted by Gasteiger charge is -2.16. The fraction of sp³-hybridized carbons (Fsp3) is 0.368. The van der Waals surface area contributed by atoms with Crippen molar-refractivity contribution in [2.45, 2.75) is 26.6 Å². The molecule has 3 aromatic rings. The molecule has 136 valence electrons. The van der Waals surface area contributed by atoms with E-state index >= 15 is 0 Å². The first-order valence-electron chi connectivity index (χ1n) is 8.58. The van der Waals surface area contributed by atoms with Gasteiger partial charge in [0.05, 0.1) is 13.2 Å². The predicted molar refractivity (Wildman–Crippen MR) is 99.3 cm³/mol. The summed E-state index contributed by atoms with van der Waals surface area (Å²) in [5.41, 5.74) is 3.30. The van der Waals surface area contributed by atoms with E-state index < -0.39 is 0 Å². The molecule has 0 aliphatic heterocycles. The van der Waals surface area contributed by atoms with Crippen LogP contribution < -0.4 is 0 Å². The molecule has 0 amide bonds. The van der Waals surface area contributed by atoms with E-state index in [1.165, 1.54) is 5.56 Å². The smallest absolute Gasteiger partial charge is 0.159 e. The number of aryl methyl sites for hydroxylation is 1. The zero-order valence-electron chi connectivity index (χ0n) is 15.5. The van der Waals surface area contributed by atoms with Gasteiger partial charge in [0.1, 0.15) is 12.2 Å².